The van der Waals surface area contributed by atoms with Crippen molar-refractivity contribution in [1.82, 2.24) is 20.3 Å². The molecule has 1 atom stereocenters. The van der Waals surface area contributed by atoms with Crippen molar-refractivity contribution in [2.75, 3.05) is 13.1 Å². The number of H-pyrrole nitrogens is 1. The van der Waals surface area contributed by atoms with Gasteiger partial charge in [0.1, 0.15) is 11.3 Å². The summed E-state index contributed by atoms with van der Waals surface area (Å²) in [5.74, 6) is 0.0634. The van der Waals surface area contributed by atoms with Crippen LogP contribution in [0.3, 0.4) is 0 Å². The molecule has 2 aliphatic rings. The molecule has 1 aliphatic heterocycles. The predicted molar refractivity (Wildman–Crippen MR) is 77.3 cm³/mol. The van der Waals surface area contributed by atoms with Crippen LogP contribution in [0.4, 0.5) is 0 Å². The van der Waals surface area contributed by atoms with Gasteiger partial charge in [-0.2, -0.15) is 15.4 Å². The zero-order valence-corrected chi connectivity index (χ0v) is 12.4. The van der Waals surface area contributed by atoms with Crippen LogP contribution in [-0.4, -0.2) is 44.4 Å². The molecular weight excluding hydrogens is 268 g/mol. The van der Waals surface area contributed by atoms with Crippen molar-refractivity contribution in [3.8, 4) is 0 Å². The Bertz CT molecular complexity index is 544. The molecule has 0 bridgehead atoms. The van der Waals surface area contributed by atoms with E-state index in [2.05, 4.69) is 15.4 Å². The monoisotopic (exact) mass is 290 g/mol. The normalized spacial score (nSPS) is 26.2. The Morgan fingerprint density at radius 3 is 2.81 bits per heavy atom. The number of β-amino-alcohol motifs (C(OH)–C–C–N with tert-alkyl or cyclic N) is 1. The minimum Gasteiger partial charge on any atom is -0.382 e. The second-order valence-electron chi connectivity index (χ2n) is 6.15. The average Bonchev–Trinajstić information content (AvgIpc) is 3.18. The van der Waals surface area contributed by atoms with Crippen molar-refractivity contribution < 1.29 is 9.90 Å². The van der Waals surface area contributed by atoms with Crippen LogP contribution in [0.25, 0.3) is 0 Å². The molecule has 2 fully saturated rings. The Balaban J connectivity index is 1.77. The van der Waals surface area contributed by atoms with Crippen molar-refractivity contribution >= 4 is 5.91 Å². The van der Waals surface area contributed by atoms with Crippen molar-refractivity contribution in [2.45, 2.75) is 51.0 Å². The van der Waals surface area contributed by atoms with Crippen LogP contribution in [0.2, 0.25) is 0 Å². The second-order valence-corrected chi connectivity index (χ2v) is 6.15. The van der Waals surface area contributed by atoms with Gasteiger partial charge >= 0.3 is 0 Å². The van der Waals surface area contributed by atoms with Gasteiger partial charge in [0, 0.05) is 12.1 Å². The Kier molecular flexibility index (Phi) is 3.80. The van der Waals surface area contributed by atoms with Crippen LogP contribution in [0.1, 0.15) is 51.1 Å². The number of carbonyl (C=O) groups excluding carboxylic acids is 1. The van der Waals surface area contributed by atoms with Crippen LogP contribution in [-0.2, 0) is 10.4 Å². The maximum Gasteiger partial charge on any atom is 0.249 e. The van der Waals surface area contributed by atoms with E-state index in [1.54, 1.807) is 4.90 Å². The van der Waals surface area contributed by atoms with E-state index in [9.17, 15) is 9.90 Å². The van der Waals surface area contributed by atoms with Crippen LogP contribution >= 0.6 is 0 Å². The van der Waals surface area contributed by atoms with Gasteiger partial charge in [-0.15, -0.1) is 0 Å². The minimum atomic E-state index is -1.08. The first-order valence-corrected chi connectivity index (χ1v) is 7.67. The highest BCUT2D eigenvalue weighted by molar-refractivity contribution is 5.93. The molecule has 1 aromatic heterocycles. The summed E-state index contributed by atoms with van der Waals surface area (Å²) in [6.07, 6.45) is 7.37. The summed E-state index contributed by atoms with van der Waals surface area (Å²) in [5.41, 5.74) is 1.60. The number of piperidine rings is 1. The lowest BCUT2D eigenvalue weighted by Gasteiger charge is -2.38. The third-order valence-corrected chi connectivity index (χ3v) is 4.71. The molecule has 114 valence electrons. The molecule has 0 aromatic carbocycles. The van der Waals surface area contributed by atoms with Gasteiger partial charge in [0.2, 0.25) is 5.91 Å². The molecule has 1 amide bonds. The SMILES string of the molecule is CC(C(=O)N1CCC[C@](O)(c2cn[nH]n2)C1)=C1CCCC1. The van der Waals surface area contributed by atoms with Crippen LogP contribution in [0.5, 0.6) is 0 Å². The zero-order valence-electron chi connectivity index (χ0n) is 12.4. The van der Waals surface area contributed by atoms with Crippen molar-refractivity contribution in [3.63, 3.8) is 0 Å². The first kappa shape index (κ1) is 14.3. The summed E-state index contributed by atoms with van der Waals surface area (Å²) in [5, 5.41) is 21.0. The lowest BCUT2D eigenvalue weighted by atomic mass is 9.89. The van der Waals surface area contributed by atoms with Crippen LogP contribution < -0.4 is 0 Å². The van der Waals surface area contributed by atoms with E-state index in [4.69, 9.17) is 0 Å². The smallest absolute Gasteiger partial charge is 0.249 e. The highest BCUT2D eigenvalue weighted by Gasteiger charge is 2.39. The largest absolute Gasteiger partial charge is 0.382 e. The predicted octanol–water partition coefficient (Wildman–Crippen LogP) is 1.51. The molecule has 2 heterocycles. The number of nitrogens with one attached hydrogen (secondary N) is 1. The fourth-order valence-corrected chi connectivity index (χ4v) is 3.41. The van der Waals surface area contributed by atoms with Gasteiger partial charge in [-0.3, -0.25) is 4.79 Å². The van der Waals surface area contributed by atoms with E-state index in [1.807, 2.05) is 6.92 Å². The number of hydrogen-bond acceptors (Lipinski definition) is 4. The molecule has 1 aliphatic carbocycles. The number of aromatic nitrogens is 3. The van der Waals surface area contributed by atoms with E-state index in [-0.39, 0.29) is 5.91 Å². The van der Waals surface area contributed by atoms with Crippen LogP contribution in [0.15, 0.2) is 17.3 Å². The number of amides is 1. The van der Waals surface area contributed by atoms with Gasteiger partial charge in [-0.1, -0.05) is 5.57 Å². The Labute approximate surface area is 124 Å². The standard InChI is InChI=1S/C15H22N4O2/c1-11(12-5-2-3-6-12)14(20)19-8-4-7-15(21,10-19)13-9-16-18-17-13/h9,21H,2-8,10H2,1H3,(H,16,17,18)/t15-/m1/s1. The average molecular weight is 290 g/mol. The summed E-state index contributed by atoms with van der Waals surface area (Å²) >= 11 is 0. The van der Waals surface area contributed by atoms with E-state index in [0.717, 1.165) is 24.8 Å². The number of allylic oxidation sites excluding steroid dienone is 1. The van der Waals surface area contributed by atoms with Crippen molar-refractivity contribution in [2.24, 2.45) is 0 Å². The maximum absolute atomic E-state index is 12.7. The molecule has 0 unspecified atom stereocenters. The van der Waals surface area contributed by atoms with E-state index < -0.39 is 5.60 Å². The Morgan fingerprint density at radius 1 is 1.38 bits per heavy atom. The Hall–Kier alpha value is -1.69. The number of rotatable bonds is 2. The van der Waals surface area contributed by atoms with Gasteiger partial charge in [0.15, 0.2) is 0 Å². The maximum atomic E-state index is 12.7. The lowest BCUT2D eigenvalue weighted by molar-refractivity contribution is -0.135. The number of aromatic amines is 1. The summed E-state index contributed by atoms with van der Waals surface area (Å²) in [4.78, 5) is 14.4. The molecular formula is C15H22N4O2. The van der Waals surface area contributed by atoms with E-state index >= 15 is 0 Å². The highest BCUT2D eigenvalue weighted by Crippen LogP contribution is 2.32. The van der Waals surface area contributed by atoms with Gasteiger partial charge in [0.25, 0.3) is 0 Å². The molecule has 6 heteroatoms. The fraction of sp³-hybridized carbons (Fsp3) is 0.667. The van der Waals surface area contributed by atoms with Crippen LogP contribution in [0, 0.1) is 0 Å². The first-order chi connectivity index (χ1) is 10.1. The number of aliphatic hydroxyl groups is 1. The van der Waals surface area contributed by atoms with Gasteiger partial charge in [0.05, 0.1) is 12.7 Å². The molecule has 21 heavy (non-hydrogen) atoms. The molecule has 2 N–H and O–H groups in total. The molecule has 3 rings (SSSR count). The summed E-state index contributed by atoms with van der Waals surface area (Å²) in [6, 6.07) is 0. The molecule has 1 saturated heterocycles. The van der Waals surface area contributed by atoms with E-state index in [0.29, 0.717) is 25.2 Å². The van der Waals surface area contributed by atoms with Crippen molar-refractivity contribution in [1.29, 1.82) is 0 Å². The third kappa shape index (κ3) is 2.72. The number of nitrogens with zero attached hydrogens (tertiary/aromatic N) is 3. The van der Waals surface area contributed by atoms with E-state index in [1.165, 1.54) is 24.6 Å². The minimum absolute atomic E-state index is 0.0634. The molecule has 6 nitrogen and oxygen atoms in total. The highest BCUT2D eigenvalue weighted by atomic mass is 16.3. The molecule has 0 spiro atoms. The third-order valence-electron chi connectivity index (χ3n) is 4.71. The summed E-state index contributed by atoms with van der Waals surface area (Å²) in [6.45, 7) is 2.92. The summed E-state index contributed by atoms with van der Waals surface area (Å²) in [7, 11) is 0. The topological polar surface area (TPSA) is 82.1 Å². The quantitative estimate of drug-likeness (QED) is 0.809. The first-order valence-electron chi connectivity index (χ1n) is 7.67. The number of likely N-dealkylation sites (tertiary alicyclic amines) is 1. The van der Waals surface area contributed by atoms with Gasteiger partial charge in [-0.05, 0) is 45.4 Å². The van der Waals surface area contributed by atoms with Gasteiger partial charge in [-0.25, -0.2) is 0 Å². The fourth-order valence-electron chi connectivity index (χ4n) is 3.41. The number of carbonyl (C=O) groups is 1. The molecule has 1 saturated carbocycles. The summed E-state index contributed by atoms with van der Waals surface area (Å²) < 4.78 is 0. The number of hydrogen-bond donors (Lipinski definition) is 2. The zero-order chi connectivity index (χ0) is 14.9. The second kappa shape index (κ2) is 5.60. The molecule has 0 radical (unpaired) electrons. The van der Waals surface area contributed by atoms with Crippen molar-refractivity contribution in [3.05, 3.63) is 23.0 Å². The lowest BCUT2D eigenvalue weighted by Crippen LogP contribution is -2.49. The van der Waals surface area contributed by atoms with Gasteiger partial charge < -0.3 is 10.0 Å². The Morgan fingerprint density at radius 2 is 2.14 bits per heavy atom. The molecule has 1 aromatic rings.